The second-order valence-corrected chi connectivity index (χ2v) is 7.27. The molecular weight excluding hydrogens is 333 g/mol. The summed E-state index contributed by atoms with van der Waals surface area (Å²) in [6, 6.07) is 8.23. The van der Waals surface area contributed by atoms with Gasteiger partial charge in [-0.3, -0.25) is 4.72 Å². The van der Waals surface area contributed by atoms with Gasteiger partial charge in [0.2, 0.25) is 0 Å². The van der Waals surface area contributed by atoms with Gasteiger partial charge in [0.05, 0.1) is 17.2 Å². The van der Waals surface area contributed by atoms with Crippen molar-refractivity contribution in [2.24, 2.45) is 0 Å². The standard InChI is InChI=1S/C17H18FNO4S/c1-3-22-17-8-12-7-11(2)23-16(12)10-15(17)19-24(20,21)14-6-4-5-13(18)9-14/h4-6,8-11,19H,3,7H2,1-2H3. The fourth-order valence-electron chi connectivity index (χ4n) is 2.63. The molecule has 0 saturated carbocycles. The molecule has 3 rings (SSSR count). The van der Waals surface area contributed by atoms with Gasteiger partial charge in [0.1, 0.15) is 23.4 Å². The van der Waals surface area contributed by atoms with E-state index in [1.54, 1.807) is 12.1 Å². The topological polar surface area (TPSA) is 64.6 Å². The SMILES string of the molecule is CCOc1cc2c(cc1NS(=O)(=O)c1cccc(F)c1)OC(C)C2. The summed E-state index contributed by atoms with van der Waals surface area (Å²) in [5.74, 6) is 0.436. The van der Waals surface area contributed by atoms with Crippen molar-refractivity contribution in [2.75, 3.05) is 11.3 Å². The minimum absolute atomic E-state index is 0.0320. The Morgan fingerprint density at radius 2 is 2.12 bits per heavy atom. The maximum atomic E-state index is 13.3. The Hall–Kier alpha value is -2.28. The largest absolute Gasteiger partial charge is 0.492 e. The van der Waals surface area contributed by atoms with Crippen molar-refractivity contribution >= 4 is 15.7 Å². The van der Waals surface area contributed by atoms with Gasteiger partial charge in [0.25, 0.3) is 10.0 Å². The third-order valence-corrected chi connectivity index (χ3v) is 5.01. The number of hydrogen-bond donors (Lipinski definition) is 1. The summed E-state index contributed by atoms with van der Waals surface area (Å²) < 4.78 is 52.0. The molecule has 1 N–H and O–H groups in total. The first-order chi connectivity index (χ1) is 11.4. The molecule has 128 valence electrons. The Kier molecular flexibility index (Phi) is 4.36. The second-order valence-electron chi connectivity index (χ2n) is 5.58. The molecule has 0 amide bonds. The Labute approximate surface area is 140 Å². The maximum Gasteiger partial charge on any atom is 0.262 e. The molecular formula is C17H18FNO4S. The van der Waals surface area contributed by atoms with Crippen LogP contribution in [0.5, 0.6) is 11.5 Å². The fraction of sp³-hybridized carbons (Fsp3) is 0.294. The highest BCUT2D eigenvalue weighted by Gasteiger charge is 2.24. The number of hydrogen-bond acceptors (Lipinski definition) is 4. The lowest BCUT2D eigenvalue weighted by Crippen LogP contribution is -2.14. The van der Waals surface area contributed by atoms with Gasteiger partial charge in [-0.05, 0) is 38.1 Å². The van der Waals surface area contributed by atoms with E-state index in [2.05, 4.69) is 4.72 Å². The lowest BCUT2D eigenvalue weighted by atomic mass is 10.1. The number of sulfonamides is 1. The summed E-state index contributed by atoms with van der Waals surface area (Å²) in [5.41, 5.74) is 1.24. The molecule has 5 nitrogen and oxygen atoms in total. The Bertz CT molecular complexity index is 867. The molecule has 0 aliphatic carbocycles. The molecule has 0 saturated heterocycles. The van der Waals surface area contributed by atoms with Crippen LogP contribution in [0.2, 0.25) is 0 Å². The zero-order chi connectivity index (χ0) is 17.3. The van der Waals surface area contributed by atoms with E-state index in [1.165, 1.54) is 18.2 Å². The quantitative estimate of drug-likeness (QED) is 0.897. The minimum atomic E-state index is -3.93. The third kappa shape index (κ3) is 3.31. The highest BCUT2D eigenvalue weighted by Crippen LogP contribution is 2.38. The molecule has 1 aliphatic heterocycles. The number of nitrogens with one attached hydrogen (secondary N) is 1. The molecule has 7 heteroatoms. The zero-order valence-corrected chi connectivity index (χ0v) is 14.2. The van der Waals surface area contributed by atoms with Crippen molar-refractivity contribution in [2.45, 2.75) is 31.3 Å². The van der Waals surface area contributed by atoms with Crippen LogP contribution in [0.1, 0.15) is 19.4 Å². The van der Waals surface area contributed by atoms with Crippen LogP contribution < -0.4 is 14.2 Å². The second kappa shape index (κ2) is 6.32. The van der Waals surface area contributed by atoms with Gasteiger partial charge < -0.3 is 9.47 Å². The lowest BCUT2D eigenvalue weighted by Gasteiger charge is -2.14. The normalized spacial score (nSPS) is 16.4. The number of benzene rings is 2. The van der Waals surface area contributed by atoms with E-state index in [1.807, 2.05) is 13.8 Å². The summed E-state index contributed by atoms with van der Waals surface area (Å²) in [5, 5.41) is 0. The molecule has 1 unspecified atom stereocenters. The zero-order valence-electron chi connectivity index (χ0n) is 13.4. The molecule has 24 heavy (non-hydrogen) atoms. The predicted octanol–water partition coefficient (Wildman–Crippen LogP) is 3.35. The number of ether oxygens (including phenoxy) is 2. The van der Waals surface area contributed by atoms with Crippen LogP contribution in [0.15, 0.2) is 41.3 Å². The van der Waals surface area contributed by atoms with E-state index in [4.69, 9.17) is 9.47 Å². The van der Waals surface area contributed by atoms with E-state index in [9.17, 15) is 12.8 Å². The summed E-state index contributed by atoms with van der Waals surface area (Å²) in [4.78, 5) is -0.153. The van der Waals surface area contributed by atoms with Gasteiger partial charge in [-0.2, -0.15) is 0 Å². The summed E-state index contributed by atoms with van der Waals surface area (Å²) in [6.45, 7) is 4.15. The van der Waals surface area contributed by atoms with E-state index < -0.39 is 15.8 Å². The molecule has 1 heterocycles. The first kappa shape index (κ1) is 16.6. The Balaban J connectivity index is 1.98. The molecule has 2 aromatic rings. The molecule has 1 atom stereocenters. The van der Waals surface area contributed by atoms with E-state index in [0.717, 1.165) is 18.1 Å². The first-order valence-electron chi connectivity index (χ1n) is 7.64. The predicted molar refractivity (Wildman–Crippen MR) is 88.6 cm³/mol. The molecule has 0 fully saturated rings. The van der Waals surface area contributed by atoms with Gasteiger partial charge in [-0.25, -0.2) is 12.8 Å². The van der Waals surface area contributed by atoms with Crippen LogP contribution >= 0.6 is 0 Å². The number of fused-ring (bicyclic) bond motifs is 1. The van der Waals surface area contributed by atoms with Crippen molar-refractivity contribution in [1.29, 1.82) is 0 Å². The first-order valence-corrected chi connectivity index (χ1v) is 9.12. The molecule has 0 bridgehead atoms. The van der Waals surface area contributed by atoms with Crippen LogP contribution in [-0.4, -0.2) is 21.1 Å². The van der Waals surface area contributed by atoms with Crippen LogP contribution in [0.25, 0.3) is 0 Å². The van der Waals surface area contributed by atoms with Crippen LogP contribution in [-0.2, 0) is 16.4 Å². The highest BCUT2D eigenvalue weighted by atomic mass is 32.2. The van der Waals surface area contributed by atoms with Crippen molar-refractivity contribution in [1.82, 2.24) is 0 Å². The monoisotopic (exact) mass is 351 g/mol. The Morgan fingerprint density at radius 1 is 1.33 bits per heavy atom. The van der Waals surface area contributed by atoms with E-state index in [0.29, 0.717) is 18.1 Å². The van der Waals surface area contributed by atoms with Crippen LogP contribution in [0.4, 0.5) is 10.1 Å². The van der Waals surface area contributed by atoms with Crippen LogP contribution in [0, 0.1) is 5.82 Å². The van der Waals surface area contributed by atoms with Gasteiger partial charge in [-0.15, -0.1) is 0 Å². The smallest absolute Gasteiger partial charge is 0.262 e. The van der Waals surface area contributed by atoms with Gasteiger partial charge >= 0.3 is 0 Å². The molecule has 2 aromatic carbocycles. The molecule has 1 aliphatic rings. The van der Waals surface area contributed by atoms with Crippen molar-refractivity contribution in [3.05, 3.63) is 47.8 Å². The van der Waals surface area contributed by atoms with Gasteiger partial charge in [0, 0.05) is 18.1 Å². The third-order valence-electron chi connectivity index (χ3n) is 3.65. The lowest BCUT2D eigenvalue weighted by molar-refractivity contribution is 0.254. The molecule has 0 aromatic heterocycles. The number of halogens is 1. The maximum absolute atomic E-state index is 13.3. The molecule has 0 spiro atoms. The fourth-order valence-corrected chi connectivity index (χ4v) is 3.72. The average Bonchev–Trinajstić information content (AvgIpc) is 2.86. The van der Waals surface area contributed by atoms with E-state index in [-0.39, 0.29) is 16.7 Å². The van der Waals surface area contributed by atoms with Crippen molar-refractivity contribution in [3.63, 3.8) is 0 Å². The summed E-state index contributed by atoms with van der Waals surface area (Å²) in [6.07, 6.45) is 0.774. The van der Waals surface area contributed by atoms with E-state index >= 15 is 0 Å². The summed E-state index contributed by atoms with van der Waals surface area (Å²) >= 11 is 0. The van der Waals surface area contributed by atoms with Crippen LogP contribution in [0.3, 0.4) is 0 Å². The average molecular weight is 351 g/mol. The van der Waals surface area contributed by atoms with Crippen molar-refractivity contribution < 1.29 is 22.3 Å². The number of rotatable bonds is 5. The van der Waals surface area contributed by atoms with Gasteiger partial charge in [0.15, 0.2) is 0 Å². The summed E-state index contributed by atoms with van der Waals surface area (Å²) in [7, 11) is -3.93. The highest BCUT2D eigenvalue weighted by molar-refractivity contribution is 7.92. The van der Waals surface area contributed by atoms with Crippen molar-refractivity contribution in [3.8, 4) is 11.5 Å². The minimum Gasteiger partial charge on any atom is -0.492 e. The number of anilines is 1. The Morgan fingerprint density at radius 3 is 2.83 bits per heavy atom. The molecule has 0 radical (unpaired) electrons. The van der Waals surface area contributed by atoms with Gasteiger partial charge in [-0.1, -0.05) is 6.07 Å².